The molecule has 0 aromatic heterocycles. The summed E-state index contributed by atoms with van der Waals surface area (Å²) in [5.41, 5.74) is 4.57. The topological polar surface area (TPSA) is 12.5 Å². The van der Waals surface area contributed by atoms with Crippen molar-refractivity contribution in [2.45, 2.75) is 39.5 Å². The molecule has 0 N–H and O–H groups in total. The van der Waals surface area contributed by atoms with Crippen LogP contribution in [0.3, 0.4) is 0 Å². The Hall–Kier alpha value is -0.860. The first-order valence-corrected chi connectivity index (χ1v) is 7.74. The zero-order valence-corrected chi connectivity index (χ0v) is 12.5. The first kappa shape index (κ1) is 14.5. The van der Waals surface area contributed by atoms with Crippen molar-refractivity contribution in [3.63, 3.8) is 0 Å². The van der Waals surface area contributed by atoms with Gasteiger partial charge >= 0.3 is 0 Å². The lowest BCUT2D eigenvalue weighted by atomic mass is 10.0. The van der Waals surface area contributed by atoms with E-state index in [9.17, 15) is 0 Å². The predicted octanol–water partition coefficient (Wildman–Crippen LogP) is 3.08. The Morgan fingerprint density at radius 3 is 2.63 bits per heavy atom. The first-order chi connectivity index (χ1) is 9.33. The number of benzene rings is 1. The second-order valence-electron chi connectivity index (χ2n) is 5.35. The molecule has 0 atom stereocenters. The smallest absolute Gasteiger partial charge is 0.0593 e. The van der Waals surface area contributed by atoms with Gasteiger partial charge in [-0.25, -0.2) is 0 Å². The SMILES string of the molecule is CCN(CC)CCOCCc1ccc2c(c1)CCC2. The monoisotopic (exact) mass is 261 g/mol. The van der Waals surface area contributed by atoms with Crippen LogP contribution in [-0.2, 0) is 24.0 Å². The molecular weight excluding hydrogens is 234 g/mol. The Kier molecular flexibility index (Phi) is 5.87. The number of hydrogen-bond donors (Lipinski definition) is 0. The van der Waals surface area contributed by atoms with Crippen LogP contribution in [0.5, 0.6) is 0 Å². The molecule has 0 bridgehead atoms. The third-order valence-corrected chi connectivity index (χ3v) is 4.14. The number of nitrogens with zero attached hydrogens (tertiary/aromatic N) is 1. The maximum absolute atomic E-state index is 5.75. The Morgan fingerprint density at radius 2 is 1.84 bits per heavy atom. The summed E-state index contributed by atoms with van der Waals surface area (Å²) in [5.74, 6) is 0. The Bertz CT molecular complexity index is 385. The Labute approximate surface area is 117 Å². The highest BCUT2D eigenvalue weighted by Crippen LogP contribution is 2.22. The van der Waals surface area contributed by atoms with Crippen molar-refractivity contribution in [2.24, 2.45) is 0 Å². The number of hydrogen-bond acceptors (Lipinski definition) is 2. The zero-order valence-electron chi connectivity index (χ0n) is 12.5. The van der Waals surface area contributed by atoms with Crippen molar-refractivity contribution in [3.05, 3.63) is 34.9 Å². The van der Waals surface area contributed by atoms with Crippen molar-refractivity contribution >= 4 is 0 Å². The van der Waals surface area contributed by atoms with Crippen molar-refractivity contribution in [3.8, 4) is 0 Å². The van der Waals surface area contributed by atoms with E-state index in [-0.39, 0.29) is 0 Å². The summed E-state index contributed by atoms with van der Waals surface area (Å²) in [7, 11) is 0. The minimum atomic E-state index is 0.847. The highest BCUT2D eigenvalue weighted by molar-refractivity contribution is 5.35. The van der Waals surface area contributed by atoms with Crippen LogP contribution in [0.4, 0.5) is 0 Å². The van der Waals surface area contributed by atoms with Gasteiger partial charge in [-0.2, -0.15) is 0 Å². The summed E-state index contributed by atoms with van der Waals surface area (Å²) >= 11 is 0. The number of rotatable bonds is 8. The van der Waals surface area contributed by atoms with E-state index in [4.69, 9.17) is 4.74 Å². The van der Waals surface area contributed by atoms with Gasteiger partial charge in [0.05, 0.1) is 13.2 Å². The van der Waals surface area contributed by atoms with E-state index in [2.05, 4.69) is 36.9 Å². The molecule has 0 radical (unpaired) electrons. The van der Waals surface area contributed by atoms with Crippen LogP contribution in [0, 0.1) is 0 Å². The van der Waals surface area contributed by atoms with E-state index in [1.807, 2.05) is 0 Å². The van der Waals surface area contributed by atoms with Crippen LogP contribution >= 0.6 is 0 Å². The maximum Gasteiger partial charge on any atom is 0.0593 e. The van der Waals surface area contributed by atoms with E-state index >= 15 is 0 Å². The molecular formula is C17H27NO. The molecule has 106 valence electrons. The molecule has 0 saturated heterocycles. The maximum atomic E-state index is 5.75. The van der Waals surface area contributed by atoms with Gasteiger partial charge < -0.3 is 9.64 Å². The lowest BCUT2D eigenvalue weighted by Gasteiger charge is -2.17. The molecule has 19 heavy (non-hydrogen) atoms. The van der Waals surface area contributed by atoms with Gasteiger partial charge in [0.1, 0.15) is 0 Å². The van der Waals surface area contributed by atoms with E-state index in [1.165, 1.54) is 24.8 Å². The summed E-state index contributed by atoms with van der Waals surface area (Å²) in [4.78, 5) is 2.40. The van der Waals surface area contributed by atoms with Gasteiger partial charge in [0, 0.05) is 6.54 Å². The molecule has 1 aromatic rings. The lowest BCUT2D eigenvalue weighted by molar-refractivity contribution is 0.109. The van der Waals surface area contributed by atoms with Crippen LogP contribution < -0.4 is 0 Å². The van der Waals surface area contributed by atoms with Gasteiger partial charge in [0.15, 0.2) is 0 Å². The van der Waals surface area contributed by atoms with Crippen molar-refractivity contribution < 1.29 is 4.74 Å². The van der Waals surface area contributed by atoms with Gasteiger partial charge in [-0.1, -0.05) is 32.0 Å². The molecule has 2 nitrogen and oxygen atoms in total. The standard InChI is InChI=1S/C17H27NO/c1-3-18(4-2)11-13-19-12-10-15-8-9-16-6-5-7-17(16)14-15/h8-9,14H,3-7,10-13H2,1-2H3. The number of aryl methyl sites for hydroxylation is 2. The van der Waals surface area contributed by atoms with Crippen LogP contribution in [0.15, 0.2) is 18.2 Å². The molecule has 2 heteroatoms. The molecule has 0 saturated carbocycles. The molecule has 1 aliphatic carbocycles. The van der Waals surface area contributed by atoms with Gasteiger partial charge in [-0.05, 0) is 55.5 Å². The predicted molar refractivity (Wildman–Crippen MR) is 80.8 cm³/mol. The number of likely N-dealkylation sites (N-methyl/N-ethyl adjacent to an activating group) is 1. The van der Waals surface area contributed by atoms with Crippen LogP contribution in [0.1, 0.15) is 37.0 Å². The van der Waals surface area contributed by atoms with Gasteiger partial charge in [-0.15, -0.1) is 0 Å². The van der Waals surface area contributed by atoms with Gasteiger partial charge in [0.25, 0.3) is 0 Å². The van der Waals surface area contributed by atoms with Crippen LogP contribution in [-0.4, -0.2) is 37.7 Å². The zero-order chi connectivity index (χ0) is 13.5. The number of fused-ring (bicyclic) bond motifs is 1. The fourth-order valence-electron chi connectivity index (χ4n) is 2.81. The molecule has 0 amide bonds. The summed E-state index contributed by atoms with van der Waals surface area (Å²) in [6.07, 6.45) is 4.92. The minimum absolute atomic E-state index is 0.847. The van der Waals surface area contributed by atoms with Crippen molar-refractivity contribution in [1.29, 1.82) is 0 Å². The average Bonchev–Trinajstić information content (AvgIpc) is 2.90. The van der Waals surface area contributed by atoms with Crippen molar-refractivity contribution in [1.82, 2.24) is 4.90 Å². The fourth-order valence-corrected chi connectivity index (χ4v) is 2.81. The van der Waals surface area contributed by atoms with E-state index < -0.39 is 0 Å². The molecule has 1 aliphatic rings. The third kappa shape index (κ3) is 4.32. The summed E-state index contributed by atoms with van der Waals surface area (Å²) in [5, 5.41) is 0. The van der Waals surface area contributed by atoms with Gasteiger partial charge in [0.2, 0.25) is 0 Å². The Morgan fingerprint density at radius 1 is 1.05 bits per heavy atom. The van der Waals surface area contributed by atoms with E-state index in [0.717, 1.165) is 39.3 Å². The fraction of sp³-hybridized carbons (Fsp3) is 0.647. The molecule has 0 fully saturated rings. The summed E-state index contributed by atoms with van der Waals surface area (Å²) < 4.78 is 5.75. The highest BCUT2D eigenvalue weighted by atomic mass is 16.5. The van der Waals surface area contributed by atoms with Crippen molar-refractivity contribution in [2.75, 3.05) is 32.8 Å². The summed E-state index contributed by atoms with van der Waals surface area (Å²) in [6, 6.07) is 6.97. The van der Waals surface area contributed by atoms with E-state index in [0.29, 0.717) is 0 Å². The second-order valence-corrected chi connectivity index (χ2v) is 5.35. The second kappa shape index (κ2) is 7.66. The largest absolute Gasteiger partial charge is 0.380 e. The summed E-state index contributed by atoms with van der Waals surface area (Å²) in [6.45, 7) is 9.39. The minimum Gasteiger partial charge on any atom is -0.380 e. The molecule has 0 spiro atoms. The molecule has 0 aliphatic heterocycles. The lowest BCUT2D eigenvalue weighted by Crippen LogP contribution is -2.27. The van der Waals surface area contributed by atoms with Crippen LogP contribution in [0.25, 0.3) is 0 Å². The average molecular weight is 261 g/mol. The normalized spacial score (nSPS) is 14.1. The third-order valence-electron chi connectivity index (χ3n) is 4.14. The Balaban J connectivity index is 1.66. The number of ether oxygens (including phenoxy) is 1. The molecule has 0 unspecified atom stereocenters. The highest BCUT2D eigenvalue weighted by Gasteiger charge is 2.10. The molecule has 0 heterocycles. The molecule has 1 aromatic carbocycles. The molecule has 2 rings (SSSR count). The first-order valence-electron chi connectivity index (χ1n) is 7.74. The van der Waals surface area contributed by atoms with E-state index in [1.54, 1.807) is 11.1 Å². The quantitative estimate of drug-likeness (QED) is 0.667. The van der Waals surface area contributed by atoms with Gasteiger partial charge in [-0.3, -0.25) is 0 Å². The van der Waals surface area contributed by atoms with Crippen LogP contribution in [0.2, 0.25) is 0 Å².